The van der Waals surface area contributed by atoms with Gasteiger partial charge in [-0.25, -0.2) is 0 Å². The first kappa shape index (κ1) is 14.2. The van der Waals surface area contributed by atoms with Gasteiger partial charge in [-0.1, -0.05) is 12.8 Å². The van der Waals surface area contributed by atoms with Crippen molar-refractivity contribution in [1.82, 2.24) is 0 Å². The predicted octanol–water partition coefficient (Wildman–Crippen LogP) is 1.29. The largest absolute Gasteiger partial charge is 0.383 e. The third-order valence-electron chi connectivity index (χ3n) is 2.95. The zero-order chi connectivity index (χ0) is 9.68. The highest BCUT2D eigenvalue weighted by Gasteiger charge is 2.23. The van der Waals surface area contributed by atoms with E-state index >= 15 is 0 Å². The van der Waals surface area contributed by atoms with Crippen molar-refractivity contribution in [3.63, 3.8) is 0 Å². The smallest absolute Gasteiger partial charge is 0.0613 e. The molecule has 0 amide bonds. The van der Waals surface area contributed by atoms with Crippen molar-refractivity contribution in [2.24, 2.45) is 17.4 Å². The number of rotatable bonds is 4. The third kappa shape index (κ3) is 4.60. The first-order valence-corrected chi connectivity index (χ1v) is 5.24. The number of hydrogen-bond donors (Lipinski definition) is 2. The average Bonchev–Trinajstić information content (AvgIpc) is 2.09. The first-order chi connectivity index (χ1) is 6.24. The van der Waals surface area contributed by atoms with Crippen LogP contribution in [-0.4, -0.2) is 25.8 Å². The molecular formula is C10H23ClN2O. The van der Waals surface area contributed by atoms with Gasteiger partial charge in [-0.05, 0) is 25.2 Å². The van der Waals surface area contributed by atoms with E-state index in [0.29, 0.717) is 18.6 Å². The maximum atomic E-state index is 6.03. The fourth-order valence-electron chi connectivity index (χ4n) is 2.20. The molecule has 3 nitrogen and oxygen atoms in total. The fraction of sp³-hybridized carbons (Fsp3) is 1.00. The quantitative estimate of drug-likeness (QED) is 0.754. The first-order valence-electron chi connectivity index (χ1n) is 5.24. The lowest BCUT2D eigenvalue weighted by atomic mass is 9.81. The second-order valence-corrected chi connectivity index (χ2v) is 4.16. The predicted molar refractivity (Wildman–Crippen MR) is 61.6 cm³/mol. The van der Waals surface area contributed by atoms with Gasteiger partial charge in [-0.15, -0.1) is 12.4 Å². The van der Waals surface area contributed by atoms with Gasteiger partial charge in [0.2, 0.25) is 0 Å². The third-order valence-corrected chi connectivity index (χ3v) is 2.95. The molecule has 1 aliphatic carbocycles. The van der Waals surface area contributed by atoms with E-state index in [1.807, 2.05) is 0 Å². The number of ether oxygens (including phenoxy) is 1. The van der Waals surface area contributed by atoms with E-state index in [9.17, 15) is 0 Å². The summed E-state index contributed by atoms with van der Waals surface area (Å²) in [6.45, 7) is 0.656. The van der Waals surface area contributed by atoms with Crippen molar-refractivity contribution in [3.8, 4) is 0 Å². The second-order valence-electron chi connectivity index (χ2n) is 4.16. The Kier molecular flexibility index (Phi) is 7.55. The van der Waals surface area contributed by atoms with Crippen LogP contribution >= 0.6 is 12.4 Å². The molecule has 4 heteroatoms. The van der Waals surface area contributed by atoms with Crippen molar-refractivity contribution >= 4 is 12.4 Å². The van der Waals surface area contributed by atoms with Crippen LogP contribution in [0.2, 0.25) is 0 Å². The average molecular weight is 223 g/mol. The highest BCUT2D eigenvalue weighted by Crippen LogP contribution is 2.26. The van der Waals surface area contributed by atoms with Crippen molar-refractivity contribution in [2.45, 2.75) is 44.2 Å². The Labute approximate surface area is 93.0 Å². The van der Waals surface area contributed by atoms with Gasteiger partial charge in [0.15, 0.2) is 0 Å². The summed E-state index contributed by atoms with van der Waals surface area (Å²) < 4.78 is 5.01. The van der Waals surface area contributed by atoms with Crippen LogP contribution < -0.4 is 11.5 Å². The topological polar surface area (TPSA) is 61.3 Å². The number of halogens is 1. The molecule has 1 aliphatic rings. The molecule has 1 fully saturated rings. The highest BCUT2D eigenvalue weighted by atomic mass is 35.5. The fourth-order valence-corrected chi connectivity index (χ4v) is 2.20. The molecule has 0 aromatic heterocycles. The molecule has 14 heavy (non-hydrogen) atoms. The van der Waals surface area contributed by atoms with Gasteiger partial charge in [0.1, 0.15) is 0 Å². The molecule has 1 rings (SSSR count). The van der Waals surface area contributed by atoms with E-state index in [1.54, 1.807) is 7.11 Å². The van der Waals surface area contributed by atoms with Crippen LogP contribution in [0.4, 0.5) is 0 Å². The Bertz CT molecular complexity index is 146. The number of nitrogens with two attached hydrogens (primary N) is 2. The van der Waals surface area contributed by atoms with E-state index in [-0.39, 0.29) is 18.4 Å². The summed E-state index contributed by atoms with van der Waals surface area (Å²) in [5.41, 5.74) is 11.9. The molecule has 0 heterocycles. The molecule has 0 aliphatic heterocycles. The number of hydrogen-bond acceptors (Lipinski definition) is 3. The molecule has 0 saturated heterocycles. The van der Waals surface area contributed by atoms with Crippen molar-refractivity contribution in [3.05, 3.63) is 0 Å². The SMILES string of the molecule is COCC(N)C[C@@H]1CCCC[C@@H]1N.Cl. The van der Waals surface area contributed by atoms with Crippen molar-refractivity contribution < 1.29 is 4.74 Å². The van der Waals surface area contributed by atoms with E-state index in [4.69, 9.17) is 16.2 Å². The molecular weight excluding hydrogens is 200 g/mol. The molecule has 86 valence electrons. The molecule has 0 aromatic carbocycles. The van der Waals surface area contributed by atoms with Crippen LogP contribution in [0.15, 0.2) is 0 Å². The Hall–Kier alpha value is 0.170. The molecule has 1 unspecified atom stereocenters. The van der Waals surface area contributed by atoms with Gasteiger partial charge in [0, 0.05) is 19.2 Å². The zero-order valence-corrected chi connectivity index (χ0v) is 9.76. The van der Waals surface area contributed by atoms with Gasteiger partial charge in [-0.2, -0.15) is 0 Å². The summed E-state index contributed by atoms with van der Waals surface area (Å²) in [7, 11) is 1.70. The Morgan fingerprint density at radius 2 is 2.00 bits per heavy atom. The molecule has 3 atom stereocenters. The minimum Gasteiger partial charge on any atom is -0.383 e. The van der Waals surface area contributed by atoms with Gasteiger partial charge in [0.25, 0.3) is 0 Å². The van der Waals surface area contributed by atoms with Crippen molar-refractivity contribution in [2.75, 3.05) is 13.7 Å². The van der Waals surface area contributed by atoms with Gasteiger partial charge >= 0.3 is 0 Å². The Morgan fingerprint density at radius 1 is 1.36 bits per heavy atom. The van der Waals surface area contributed by atoms with Gasteiger partial charge in [-0.3, -0.25) is 0 Å². The molecule has 4 N–H and O–H groups in total. The maximum Gasteiger partial charge on any atom is 0.0613 e. The minimum absolute atomic E-state index is 0. The molecule has 1 saturated carbocycles. The zero-order valence-electron chi connectivity index (χ0n) is 8.95. The van der Waals surface area contributed by atoms with E-state index < -0.39 is 0 Å². The summed E-state index contributed by atoms with van der Waals surface area (Å²) in [6.07, 6.45) is 6.05. The summed E-state index contributed by atoms with van der Waals surface area (Å²) in [5.74, 6) is 0.624. The van der Waals surface area contributed by atoms with E-state index in [1.165, 1.54) is 25.7 Å². The van der Waals surface area contributed by atoms with Crippen LogP contribution in [0.3, 0.4) is 0 Å². The summed E-state index contributed by atoms with van der Waals surface area (Å²) in [5, 5.41) is 0. The lowest BCUT2D eigenvalue weighted by molar-refractivity contribution is 0.159. The normalized spacial score (nSPS) is 29.4. The Morgan fingerprint density at radius 3 is 2.57 bits per heavy atom. The van der Waals surface area contributed by atoms with E-state index in [0.717, 1.165) is 6.42 Å². The minimum atomic E-state index is 0. The molecule has 0 bridgehead atoms. The molecule has 0 aromatic rings. The summed E-state index contributed by atoms with van der Waals surface area (Å²) in [4.78, 5) is 0. The Balaban J connectivity index is 0.00000169. The van der Waals surface area contributed by atoms with Crippen LogP contribution in [0.5, 0.6) is 0 Å². The van der Waals surface area contributed by atoms with Crippen LogP contribution in [0.1, 0.15) is 32.1 Å². The maximum absolute atomic E-state index is 6.03. The summed E-state index contributed by atoms with van der Waals surface area (Å²) >= 11 is 0. The molecule has 0 radical (unpaired) electrons. The van der Waals surface area contributed by atoms with Gasteiger partial charge in [0.05, 0.1) is 6.61 Å². The van der Waals surface area contributed by atoms with E-state index in [2.05, 4.69) is 0 Å². The highest BCUT2D eigenvalue weighted by molar-refractivity contribution is 5.85. The van der Waals surface area contributed by atoms with Crippen molar-refractivity contribution in [1.29, 1.82) is 0 Å². The molecule has 0 spiro atoms. The lowest BCUT2D eigenvalue weighted by Crippen LogP contribution is -2.38. The van der Waals surface area contributed by atoms with Crippen LogP contribution in [0.25, 0.3) is 0 Å². The second kappa shape index (κ2) is 7.46. The van der Waals surface area contributed by atoms with Gasteiger partial charge < -0.3 is 16.2 Å². The standard InChI is InChI=1S/C10H22N2O.ClH/c1-13-7-9(11)6-8-4-2-3-5-10(8)12;/h8-10H,2-7,11-12H2,1H3;1H/t8-,9?,10-;/m0./s1. The lowest BCUT2D eigenvalue weighted by Gasteiger charge is -2.30. The monoisotopic (exact) mass is 222 g/mol. The number of methoxy groups -OCH3 is 1. The van der Waals surface area contributed by atoms with Crippen LogP contribution in [0, 0.1) is 5.92 Å². The summed E-state index contributed by atoms with van der Waals surface area (Å²) in [6, 6.07) is 0.538. The van der Waals surface area contributed by atoms with Crippen LogP contribution in [-0.2, 0) is 4.74 Å².